The molecule has 0 aliphatic carbocycles. The quantitative estimate of drug-likeness (QED) is 0.387. The summed E-state index contributed by atoms with van der Waals surface area (Å²) in [7, 11) is 0. The van der Waals surface area contributed by atoms with Crippen molar-refractivity contribution >= 4 is 40.3 Å². The maximum absolute atomic E-state index is 13.0. The fourth-order valence-electron chi connectivity index (χ4n) is 4.90. The molecule has 0 saturated carbocycles. The molecule has 0 spiro atoms. The zero-order chi connectivity index (χ0) is 25.5. The summed E-state index contributed by atoms with van der Waals surface area (Å²) in [5.41, 5.74) is 3.89. The fourth-order valence-corrected chi connectivity index (χ4v) is 5.75. The normalized spacial score (nSPS) is 14.9. The van der Waals surface area contributed by atoms with Crippen molar-refractivity contribution < 1.29 is 4.79 Å². The number of nitrogens with one attached hydrogen (secondary N) is 2. The molecule has 0 unspecified atom stereocenters. The lowest BCUT2D eigenvalue weighted by molar-refractivity contribution is -0.123. The van der Waals surface area contributed by atoms with E-state index in [0.717, 1.165) is 42.4 Å². The first-order valence-corrected chi connectivity index (χ1v) is 13.1. The van der Waals surface area contributed by atoms with E-state index < -0.39 is 5.56 Å². The molecule has 2 N–H and O–H groups in total. The van der Waals surface area contributed by atoms with Crippen molar-refractivity contribution in [2.45, 2.75) is 26.3 Å². The zero-order valence-electron chi connectivity index (χ0n) is 20.4. The molecule has 2 aromatic carbocycles. The van der Waals surface area contributed by atoms with Crippen molar-refractivity contribution in [2.24, 2.45) is 0 Å². The van der Waals surface area contributed by atoms with Crippen molar-refractivity contribution in [3.63, 3.8) is 0 Å². The average Bonchev–Trinajstić information content (AvgIpc) is 3.63. The maximum Gasteiger partial charge on any atom is 0.283 e. The van der Waals surface area contributed by atoms with Crippen LogP contribution in [0.1, 0.15) is 29.5 Å². The van der Waals surface area contributed by atoms with Crippen molar-refractivity contribution in [3.05, 3.63) is 97.1 Å². The van der Waals surface area contributed by atoms with Crippen LogP contribution in [0.15, 0.2) is 59.5 Å². The van der Waals surface area contributed by atoms with Crippen LogP contribution in [-0.2, 0) is 11.3 Å². The topological polar surface area (TPSA) is 99.8 Å². The number of amides is 1. The van der Waals surface area contributed by atoms with Crippen LogP contribution >= 0.6 is 11.3 Å². The van der Waals surface area contributed by atoms with E-state index in [0.29, 0.717) is 16.3 Å². The van der Waals surface area contributed by atoms with Gasteiger partial charge in [-0.3, -0.25) is 20.1 Å². The molecule has 1 fully saturated rings. The van der Waals surface area contributed by atoms with Gasteiger partial charge < -0.3 is 9.47 Å². The number of rotatable bonds is 4. The number of hydrogen-bond acceptors (Lipinski definition) is 5. The number of benzene rings is 2. The number of aryl methyl sites for hydroxylation is 1. The Morgan fingerprint density at radius 1 is 1.14 bits per heavy atom. The predicted octanol–water partition coefficient (Wildman–Crippen LogP) is 2.08. The zero-order valence-corrected chi connectivity index (χ0v) is 21.2. The summed E-state index contributed by atoms with van der Waals surface area (Å²) < 4.78 is 4.20. The number of hydrogen-bond donors (Lipinski definition) is 2. The van der Waals surface area contributed by atoms with Gasteiger partial charge in [-0.25, -0.2) is 4.68 Å². The van der Waals surface area contributed by atoms with Gasteiger partial charge in [0.1, 0.15) is 4.66 Å². The molecule has 9 heteroatoms. The summed E-state index contributed by atoms with van der Waals surface area (Å²) >= 11 is 1.19. The SMILES string of the molecule is Cc1ccccc1Cn1cc(/C=c2/c(=O)nc3s/c(=C/C(=O)N4CCCC4)[nH]n-3c2=N)c2ccccc21. The third-order valence-electron chi connectivity index (χ3n) is 6.91. The molecule has 6 rings (SSSR count). The monoisotopic (exact) mass is 510 g/mol. The van der Waals surface area contributed by atoms with Crippen LogP contribution in [0, 0.1) is 12.3 Å². The second-order valence-corrected chi connectivity index (χ2v) is 10.4. The van der Waals surface area contributed by atoms with E-state index in [4.69, 9.17) is 5.41 Å². The molecule has 37 heavy (non-hydrogen) atoms. The smallest absolute Gasteiger partial charge is 0.283 e. The van der Waals surface area contributed by atoms with E-state index in [1.807, 2.05) is 41.4 Å². The molecule has 4 heterocycles. The van der Waals surface area contributed by atoms with Gasteiger partial charge in [-0.1, -0.05) is 53.8 Å². The summed E-state index contributed by atoms with van der Waals surface area (Å²) in [6.07, 6.45) is 7.32. The molecular formula is C28H26N6O2S. The van der Waals surface area contributed by atoms with Gasteiger partial charge in [-0.2, -0.15) is 4.98 Å². The first-order chi connectivity index (χ1) is 18.0. The highest BCUT2D eigenvalue weighted by molar-refractivity contribution is 7.11. The van der Waals surface area contributed by atoms with Gasteiger partial charge in [0.25, 0.3) is 5.56 Å². The number of H-pyrrole nitrogens is 1. The van der Waals surface area contributed by atoms with E-state index >= 15 is 0 Å². The minimum atomic E-state index is -0.464. The number of carbonyl (C=O) groups excluding carboxylic acids is 1. The lowest BCUT2D eigenvalue weighted by Gasteiger charge is -2.10. The Balaban J connectivity index is 1.46. The Labute approximate surface area is 216 Å². The van der Waals surface area contributed by atoms with E-state index in [1.54, 1.807) is 6.08 Å². The third kappa shape index (κ3) is 4.31. The number of carbonyl (C=O) groups is 1. The number of aromatic amines is 1. The Morgan fingerprint density at radius 3 is 2.70 bits per heavy atom. The second kappa shape index (κ2) is 9.33. The number of aromatic nitrogens is 4. The van der Waals surface area contributed by atoms with Crippen molar-refractivity contribution in [2.75, 3.05) is 13.1 Å². The molecule has 1 saturated heterocycles. The second-order valence-electron chi connectivity index (χ2n) is 9.35. The minimum absolute atomic E-state index is 0.00950. The molecule has 3 aliphatic rings. The first-order valence-electron chi connectivity index (χ1n) is 12.3. The Hall–Kier alpha value is -4.24. The van der Waals surface area contributed by atoms with Crippen molar-refractivity contribution in [3.8, 4) is 5.13 Å². The summed E-state index contributed by atoms with van der Waals surface area (Å²) in [5, 5.41) is 13.4. The first kappa shape index (κ1) is 23.2. The van der Waals surface area contributed by atoms with Crippen LogP contribution in [-0.4, -0.2) is 43.2 Å². The molecule has 1 amide bonds. The molecular weight excluding hydrogens is 484 g/mol. The van der Waals surface area contributed by atoms with Crippen molar-refractivity contribution in [1.82, 2.24) is 24.2 Å². The molecule has 0 radical (unpaired) electrons. The Morgan fingerprint density at radius 2 is 1.89 bits per heavy atom. The van der Waals surface area contributed by atoms with Crippen LogP contribution in [0.25, 0.3) is 28.2 Å². The predicted molar refractivity (Wildman–Crippen MR) is 144 cm³/mol. The largest absolute Gasteiger partial charge is 0.342 e. The van der Waals surface area contributed by atoms with Gasteiger partial charge in [0.05, 0.1) is 5.22 Å². The molecule has 3 aliphatic heterocycles. The van der Waals surface area contributed by atoms with E-state index in [1.165, 1.54) is 33.2 Å². The Kier molecular flexibility index (Phi) is 5.84. The van der Waals surface area contributed by atoms with Crippen molar-refractivity contribution in [1.29, 1.82) is 5.41 Å². The molecule has 0 atom stereocenters. The average molecular weight is 511 g/mol. The van der Waals surface area contributed by atoms with Gasteiger partial charge in [0.15, 0.2) is 5.49 Å². The molecule has 3 aromatic rings. The number of nitrogens with zero attached hydrogens (tertiary/aromatic N) is 4. The van der Waals surface area contributed by atoms with E-state index in [9.17, 15) is 9.59 Å². The summed E-state index contributed by atoms with van der Waals surface area (Å²) in [6.45, 7) is 4.32. The summed E-state index contributed by atoms with van der Waals surface area (Å²) in [5.74, 6) is -0.0666. The van der Waals surface area contributed by atoms with Gasteiger partial charge in [-0.05, 0) is 43.0 Å². The molecule has 0 bridgehead atoms. The minimum Gasteiger partial charge on any atom is -0.342 e. The fraction of sp³-hybridized carbons (Fsp3) is 0.214. The van der Waals surface area contributed by atoms with Crippen LogP contribution in [0.3, 0.4) is 0 Å². The maximum atomic E-state index is 13.0. The highest BCUT2D eigenvalue weighted by atomic mass is 32.1. The van der Waals surface area contributed by atoms with Gasteiger partial charge >= 0.3 is 0 Å². The van der Waals surface area contributed by atoms with Crippen LogP contribution < -0.4 is 20.9 Å². The van der Waals surface area contributed by atoms with Crippen LogP contribution in [0.4, 0.5) is 0 Å². The summed E-state index contributed by atoms with van der Waals surface area (Å²) in [6, 6.07) is 16.4. The van der Waals surface area contributed by atoms with Gasteiger partial charge in [0, 0.05) is 48.4 Å². The standard InChI is InChI=1S/C28H26N6O2S/c1-18-8-2-3-9-19(18)16-33-17-20(21-10-4-5-11-23(21)33)14-22-26(29)34-28(30-27(22)36)37-24(31-34)15-25(35)32-12-6-7-13-32/h2-5,8-11,14-15,17,29,31H,6-7,12-13,16H2,1H3/b22-14+,24-15+,29-26?. The number of likely N-dealkylation sites (tertiary alicyclic amines) is 1. The van der Waals surface area contributed by atoms with Crippen LogP contribution in [0.5, 0.6) is 0 Å². The van der Waals surface area contributed by atoms with E-state index in [2.05, 4.69) is 39.8 Å². The highest BCUT2D eigenvalue weighted by Gasteiger charge is 2.17. The number of para-hydroxylation sites is 1. The van der Waals surface area contributed by atoms with E-state index in [-0.39, 0.29) is 16.6 Å². The van der Waals surface area contributed by atoms with Gasteiger partial charge in [0.2, 0.25) is 11.0 Å². The van der Waals surface area contributed by atoms with Crippen LogP contribution in [0.2, 0.25) is 0 Å². The number of fused-ring (bicyclic) bond motifs is 2. The third-order valence-corrected chi connectivity index (χ3v) is 7.80. The molecule has 1 aromatic heterocycles. The highest BCUT2D eigenvalue weighted by Crippen LogP contribution is 2.23. The molecule has 8 nitrogen and oxygen atoms in total. The van der Waals surface area contributed by atoms with Gasteiger partial charge in [-0.15, -0.1) is 0 Å². The lowest BCUT2D eigenvalue weighted by atomic mass is 10.1. The molecule has 186 valence electrons. The lowest BCUT2D eigenvalue weighted by Crippen LogP contribution is -2.47. The Bertz CT molecular complexity index is 1850. The summed E-state index contributed by atoms with van der Waals surface area (Å²) in [4.78, 5) is 31.6.